The molecule has 0 aliphatic rings. The average molecular weight is 272 g/mol. The van der Waals surface area contributed by atoms with Gasteiger partial charge >= 0.3 is 0 Å². The molecule has 0 aliphatic carbocycles. The Morgan fingerprint density at radius 2 is 1.89 bits per heavy atom. The van der Waals surface area contributed by atoms with Gasteiger partial charge in [0.2, 0.25) is 11.8 Å². The maximum Gasteiger partial charge on any atom is 0.223 e. The molecule has 0 rings (SSSR count). The van der Waals surface area contributed by atoms with Crippen molar-refractivity contribution in [2.75, 3.05) is 33.2 Å². The zero-order chi connectivity index (χ0) is 14.5. The van der Waals surface area contributed by atoms with E-state index in [-0.39, 0.29) is 24.2 Å². The highest BCUT2D eigenvalue weighted by molar-refractivity contribution is 5.85. The van der Waals surface area contributed by atoms with Crippen molar-refractivity contribution in [1.29, 1.82) is 0 Å². The number of nitrogens with two attached hydrogens (primary N) is 1. The molecule has 1 atom stereocenters. The largest absolute Gasteiger partial charge is 0.355 e. The number of likely N-dealkylation sites (N-methyl/N-ethyl adjacent to an activating group) is 1. The molecule has 5 N–H and O–H groups in total. The zero-order valence-electron chi connectivity index (χ0n) is 12.1. The molecule has 0 aromatic heterocycles. The van der Waals surface area contributed by atoms with Crippen LogP contribution in [-0.4, -0.2) is 45.0 Å². The number of carbonyl (C=O) groups excluding carboxylic acids is 2. The molecule has 0 aliphatic heterocycles. The molecule has 0 bridgehead atoms. The van der Waals surface area contributed by atoms with Gasteiger partial charge in [-0.3, -0.25) is 9.59 Å². The fraction of sp³-hybridized carbons (Fsp3) is 0.846. The van der Waals surface area contributed by atoms with Crippen molar-refractivity contribution >= 4 is 11.8 Å². The minimum Gasteiger partial charge on any atom is -0.355 e. The second-order valence-corrected chi connectivity index (χ2v) is 4.58. The van der Waals surface area contributed by atoms with Crippen molar-refractivity contribution in [2.45, 2.75) is 32.6 Å². The van der Waals surface area contributed by atoms with Gasteiger partial charge in [0, 0.05) is 38.5 Å². The van der Waals surface area contributed by atoms with E-state index in [1.165, 1.54) is 0 Å². The number of rotatable bonds is 11. The van der Waals surface area contributed by atoms with Crippen LogP contribution in [0, 0.1) is 5.92 Å². The fourth-order valence-corrected chi connectivity index (χ4v) is 1.74. The number of amides is 2. The van der Waals surface area contributed by atoms with Gasteiger partial charge in [-0.2, -0.15) is 0 Å². The molecule has 6 heteroatoms. The summed E-state index contributed by atoms with van der Waals surface area (Å²) in [5.74, 6) is -0.378. The second kappa shape index (κ2) is 11.9. The quantitative estimate of drug-likeness (QED) is 0.385. The summed E-state index contributed by atoms with van der Waals surface area (Å²) in [6.07, 6.45) is 2.96. The van der Waals surface area contributed by atoms with Crippen molar-refractivity contribution in [3.05, 3.63) is 0 Å². The molecular weight excluding hydrogens is 244 g/mol. The first-order valence-electron chi connectivity index (χ1n) is 7.04. The first-order valence-corrected chi connectivity index (χ1v) is 7.04. The Kier molecular flexibility index (Phi) is 11.2. The number of hydrogen-bond donors (Lipinski definition) is 4. The summed E-state index contributed by atoms with van der Waals surface area (Å²) in [4.78, 5) is 23.6. The third-order valence-electron chi connectivity index (χ3n) is 2.85. The van der Waals surface area contributed by atoms with E-state index in [9.17, 15) is 9.59 Å². The fourth-order valence-electron chi connectivity index (χ4n) is 1.74. The molecule has 0 spiro atoms. The van der Waals surface area contributed by atoms with Gasteiger partial charge < -0.3 is 21.7 Å². The van der Waals surface area contributed by atoms with Crippen LogP contribution in [0.15, 0.2) is 0 Å². The van der Waals surface area contributed by atoms with E-state index < -0.39 is 0 Å². The number of hydrogen-bond acceptors (Lipinski definition) is 4. The van der Waals surface area contributed by atoms with Crippen molar-refractivity contribution in [1.82, 2.24) is 16.0 Å². The summed E-state index contributed by atoms with van der Waals surface area (Å²) in [7, 11) is 1.83. The van der Waals surface area contributed by atoms with Crippen molar-refractivity contribution in [2.24, 2.45) is 11.7 Å². The molecule has 0 aromatic carbocycles. The molecule has 112 valence electrons. The number of carbonyl (C=O) groups is 2. The Balaban J connectivity index is 4.19. The van der Waals surface area contributed by atoms with Crippen molar-refractivity contribution < 1.29 is 9.59 Å². The van der Waals surface area contributed by atoms with Gasteiger partial charge in [0.15, 0.2) is 0 Å². The molecular formula is C13H28N4O2. The van der Waals surface area contributed by atoms with E-state index in [1.54, 1.807) is 0 Å². The second-order valence-electron chi connectivity index (χ2n) is 4.58. The van der Waals surface area contributed by atoms with Crippen LogP contribution in [0.4, 0.5) is 0 Å². The summed E-state index contributed by atoms with van der Waals surface area (Å²) in [6, 6.07) is 0. The summed E-state index contributed by atoms with van der Waals surface area (Å²) in [5, 5.41) is 8.52. The lowest BCUT2D eigenvalue weighted by Gasteiger charge is -2.16. The number of nitrogens with one attached hydrogen (secondary N) is 3. The molecule has 0 fully saturated rings. The Bertz CT molecular complexity index is 259. The molecule has 0 saturated heterocycles. The van der Waals surface area contributed by atoms with Crippen LogP contribution < -0.4 is 21.7 Å². The Labute approximate surface area is 115 Å². The van der Waals surface area contributed by atoms with Gasteiger partial charge in [-0.15, -0.1) is 0 Å². The van der Waals surface area contributed by atoms with E-state index in [0.717, 1.165) is 25.8 Å². The molecule has 19 heavy (non-hydrogen) atoms. The topological polar surface area (TPSA) is 96.2 Å². The van der Waals surface area contributed by atoms with E-state index >= 15 is 0 Å². The van der Waals surface area contributed by atoms with Crippen LogP contribution >= 0.6 is 0 Å². The Morgan fingerprint density at radius 3 is 2.47 bits per heavy atom. The summed E-state index contributed by atoms with van der Waals surface area (Å²) >= 11 is 0. The van der Waals surface area contributed by atoms with Crippen molar-refractivity contribution in [3.63, 3.8) is 0 Å². The smallest absolute Gasteiger partial charge is 0.223 e. The third-order valence-corrected chi connectivity index (χ3v) is 2.85. The highest BCUT2D eigenvalue weighted by Gasteiger charge is 2.20. The minimum absolute atomic E-state index is 0.0356. The van der Waals surface area contributed by atoms with E-state index in [0.29, 0.717) is 19.6 Å². The lowest BCUT2D eigenvalue weighted by Crippen LogP contribution is -2.38. The molecule has 6 nitrogen and oxygen atoms in total. The summed E-state index contributed by atoms with van der Waals surface area (Å²) in [6.45, 7) is 4.26. The Hall–Kier alpha value is -1.14. The van der Waals surface area contributed by atoms with E-state index in [4.69, 9.17) is 5.73 Å². The first kappa shape index (κ1) is 17.9. The predicted octanol–water partition coefficient (Wildman–Crippen LogP) is -0.407. The van der Waals surface area contributed by atoms with Crippen LogP contribution in [0.3, 0.4) is 0 Å². The van der Waals surface area contributed by atoms with E-state index in [2.05, 4.69) is 22.9 Å². The third kappa shape index (κ3) is 9.44. The van der Waals surface area contributed by atoms with Gasteiger partial charge in [0.1, 0.15) is 0 Å². The van der Waals surface area contributed by atoms with Gasteiger partial charge in [-0.25, -0.2) is 0 Å². The Morgan fingerprint density at radius 1 is 1.16 bits per heavy atom. The highest BCUT2D eigenvalue weighted by atomic mass is 16.2. The van der Waals surface area contributed by atoms with Gasteiger partial charge in [-0.1, -0.05) is 19.8 Å². The highest BCUT2D eigenvalue weighted by Crippen LogP contribution is 2.13. The maximum atomic E-state index is 12.0. The summed E-state index contributed by atoms with van der Waals surface area (Å²) in [5.41, 5.74) is 5.33. The van der Waals surface area contributed by atoms with Crippen LogP contribution in [0.5, 0.6) is 0 Å². The minimum atomic E-state index is -0.241. The predicted molar refractivity (Wildman–Crippen MR) is 76.6 cm³/mol. The van der Waals surface area contributed by atoms with Crippen LogP contribution in [0.2, 0.25) is 0 Å². The lowest BCUT2D eigenvalue weighted by molar-refractivity contribution is -0.130. The monoisotopic (exact) mass is 272 g/mol. The maximum absolute atomic E-state index is 12.0. The normalized spacial score (nSPS) is 11.9. The molecule has 0 radical (unpaired) electrons. The standard InChI is InChI=1S/C13H28N4O2/c1-3-4-5-11(10-12(18)16-7-6-14)13(19)17-9-8-15-2/h11,15H,3-10,14H2,1-2H3,(H,16,18)(H,17,19). The lowest BCUT2D eigenvalue weighted by atomic mass is 9.97. The average Bonchev–Trinajstić information content (AvgIpc) is 2.41. The van der Waals surface area contributed by atoms with Crippen LogP contribution in [0.1, 0.15) is 32.6 Å². The van der Waals surface area contributed by atoms with Crippen LogP contribution in [0.25, 0.3) is 0 Å². The first-order chi connectivity index (χ1) is 9.15. The van der Waals surface area contributed by atoms with Crippen LogP contribution in [-0.2, 0) is 9.59 Å². The molecule has 0 heterocycles. The van der Waals surface area contributed by atoms with Gasteiger partial charge in [-0.05, 0) is 13.5 Å². The molecule has 2 amide bonds. The summed E-state index contributed by atoms with van der Waals surface area (Å²) < 4.78 is 0. The zero-order valence-corrected chi connectivity index (χ0v) is 12.1. The van der Waals surface area contributed by atoms with Gasteiger partial charge in [0.25, 0.3) is 0 Å². The van der Waals surface area contributed by atoms with Gasteiger partial charge in [0.05, 0.1) is 0 Å². The SMILES string of the molecule is CCCCC(CC(=O)NCCN)C(=O)NCCNC. The molecule has 1 unspecified atom stereocenters. The molecule has 0 saturated carbocycles. The van der Waals surface area contributed by atoms with E-state index in [1.807, 2.05) is 7.05 Å². The number of unbranched alkanes of at least 4 members (excludes halogenated alkanes) is 1. The molecule has 0 aromatic rings. The van der Waals surface area contributed by atoms with Crippen molar-refractivity contribution in [3.8, 4) is 0 Å².